The summed E-state index contributed by atoms with van der Waals surface area (Å²) in [7, 11) is 0. The standard InChI is InChI=1S/C16H17FN2OS.ClH/c1-10-14(12-2-4-13(17)5-3-12)6-15(21-10)16(20)19-9-11-7-18-8-11;/h2-6,11,18H,7-9H2,1H3,(H,19,20);1H. The third kappa shape index (κ3) is 3.66. The van der Waals surface area contributed by atoms with E-state index in [1.54, 1.807) is 12.1 Å². The average molecular weight is 341 g/mol. The molecule has 0 unspecified atom stereocenters. The molecule has 1 aromatic carbocycles. The predicted molar refractivity (Wildman–Crippen MR) is 90.4 cm³/mol. The average Bonchev–Trinajstić information content (AvgIpc) is 2.80. The van der Waals surface area contributed by atoms with Gasteiger partial charge in [-0.15, -0.1) is 23.7 Å². The number of carbonyl (C=O) groups excluding carboxylic acids is 1. The summed E-state index contributed by atoms with van der Waals surface area (Å²) in [4.78, 5) is 13.9. The first-order valence-corrected chi connectivity index (χ1v) is 7.80. The first-order chi connectivity index (χ1) is 10.1. The molecule has 0 bridgehead atoms. The fourth-order valence-corrected chi connectivity index (χ4v) is 3.29. The molecule has 0 saturated carbocycles. The molecule has 2 heterocycles. The van der Waals surface area contributed by atoms with Crippen LogP contribution < -0.4 is 10.6 Å². The van der Waals surface area contributed by atoms with E-state index in [1.807, 2.05) is 13.0 Å². The summed E-state index contributed by atoms with van der Waals surface area (Å²) >= 11 is 1.48. The number of benzene rings is 1. The number of hydrogen-bond acceptors (Lipinski definition) is 3. The van der Waals surface area contributed by atoms with E-state index in [4.69, 9.17) is 0 Å². The highest BCUT2D eigenvalue weighted by Crippen LogP contribution is 2.31. The minimum Gasteiger partial charge on any atom is -0.351 e. The van der Waals surface area contributed by atoms with Crippen LogP contribution in [0.25, 0.3) is 11.1 Å². The topological polar surface area (TPSA) is 41.1 Å². The van der Waals surface area contributed by atoms with E-state index in [2.05, 4.69) is 10.6 Å². The number of halogens is 2. The quantitative estimate of drug-likeness (QED) is 0.897. The first kappa shape index (κ1) is 16.9. The van der Waals surface area contributed by atoms with Gasteiger partial charge in [0.1, 0.15) is 5.82 Å². The van der Waals surface area contributed by atoms with Crippen molar-refractivity contribution < 1.29 is 9.18 Å². The smallest absolute Gasteiger partial charge is 0.261 e. The predicted octanol–water partition coefficient (Wildman–Crippen LogP) is 3.23. The van der Waals surface area contributed by atoms with Crippen molar-refractivity contribution in [3.8, 4) is 11.1 Å². The van der Waals surface area contributed by atoms with Crippen LogP contribution in [-0.2, 0) is 0 Å². The molecule has 2 N–H and O–H groups in total. The molecule has 1 fully saturated rings. The van der Waals surface area contributed by atoms with Crippen molar-refractivity contribution >= 4 is 29.7 Å². The van der Waals surface area contributed by atoms with E-state index in [0.717, 1.165) is 29.1 Å². The lowest BCUT2D eigenvalue weighted by Gasteiger charge is -2.26. The molecule has 22 heavy (non-hydrogen) atoms. The Morgan fingerprint density at radius 3 is 2.64 bits per heavy atom. The van der Waals surface area contributed by atoms with Crippen LogP contribution >= 0.6 is 23.7 Å². The van der Waals surface area contributed by atoms with Gasteiger partial charge in [0.2, 0.25) is 0 Å². The summed E-state index contributed by atoms with van der Waals surface area (Å²) in [6, 6.07) is 8.26. The fraction of sp³-hybridized carbons (Fsp3) is 0.312. The lowest BCUT2D eigenvalue weighted by molar-refractivity contribution is 0.0946. The second-order valence-corrected chi connectivity index (χ2v) is 6.58. The van der Waals surface area contributed by atoms with Gasteiger partial charge in [-0.1, -0.05) is 12.1 Å². The zero-order valence-electron chi connectivity index (χ0n) is 12.2. The van der Waals surface area contributed by atoms with Crippen molar-refractivity contribution in [2.75, 3.05) is 19.6 Å². The van der Waals surface area contributed by atoms with Gasteiger partial charge in [0.15, 0.2) is 0 Å². The van der Waals surface area contributed by atoms with Gasteiger partial charge >= 0.3 is 0 Å². The van der Waals surface area contributed by atoms with E-state index in [1.165, 1.54) is 23.5 Å². The first-order valence-electron chi connectivity index (χ1n) is 6.99. The molecule has 3 nitrogen and oxygen atoms in total. The second kappa shape index (κ2) is 7.22. The molecule has 0 atom stereocenters. The maximum Gasteiger partial charge on any atom is 0.261 e. The number of rotatable bonds is 4. The monoisotopic (exact) mass is 340 g/mol. The third-order valence-corrected chi connectivity index (χ3v) is 4.76. The number of amides is 1. The van der Waals surface area contributed by atoms with Crippen LogP contribution in [0.1, 0.15) is 14.5 Å². The number of thiophene rings is 1. The minimum atomic E-state index is -0.251. The van der Waals surface area contributed by atoms with Gasteiger partial charge in [0.05, 0.1) is 4.88 Å². The molecule has 1 amide bonds. The summed E-state index contributed by atoms with van der Waals surface area (Å²) in [6.45, 7) is 4.65. The van der Waals surface area contributed by atoms with Crippen molar-refractivity contribution in [3.05, 3.63) is 45.9 Å². The van der Waals surface area contributed by atoms with Crippen LogP contribution in [0, 0.1) is 18.7 Å². The van der Waals surface area contributed by atoms with Crippen molar-refractivity contribution in [3.63, 3.8) is 0 Å². The van der Waals surface area contributed by atoms with Gasteiger partial charge in [-0.2, -0.15) is 0 Å². The van der Waals surface area contributed by atoms with Gasteiger partial charge in [0.25, 0.3) is 5.91 Å². The Morgan fingerprint density at radius 1 is 1.36 bits per heavy atom. The van der Waals surface area contributed by atoms with Crippen molar-refractivity contribution in [2.45, 2.75) is 6.92 Å². The number of hydrogen-bond donors (Lipinski definition) is 2. The normalized spacial score (nSPS) is 14.1. The molecular formula is C16H18ClFN2OS. The Kier molecular flexibility index (Phi) is 5.56. The van der Waals surface area contributed by atoms with Crippen LogP contribution in [0.4, 0.5) is 4.39 Å². The minimum absolute atomic E-state index is 0. The molecule has 0 aliphatic carbocycles. The molecule has 3 rings (SSSR count). The van der Waals surface area contributed by atoms with Crippen LogP contribution in [-0.4, -0.2) is 25.5 Å². The van der Waals surface area contributed by atoms with Crippen LogP contribution in [0.5, 0.6) is 0 Å². The maximum atomic E-state index is 13.0. The molecule has 1 aliphatic rings. The lowest BCUT2D eigenvalue weighted by atomic mass is 10.0. The summed E-state index contributed by atoms with van der Waals surface area (Å²) < 4.78 is 13.0. The Hall–Kier alpha value is -1.43. The van der Waals surface area contributed by atoms with E-state index >= 15 is 0 Å². The van der Waals surface area contributed by atoms with E-state index in [0.29, 0.717) is 17.3 Å². The van der Waals surface area contributed by atoms with Crippen LogP contribution in [0.3, 0.4) is 0 Å². The Labute approximate surface area is 139 Å². The van der Waals surface area contributed by atoms with Gasteiger partial charge in [-0.25, -0.2) is 4.39 Å². The molecule has 6 heteroatoms. The summed E-state index contributed by atoms with van der Waals surface area (Å²) in [5, 5.41) is 6.16. The summed E-state index contributed by atoms with van der Waals surface area (Å²) in [6.07, 6.45) is 0. The van der Waals surface area contributed by atoms with Gasteiger partial charge in [-0.05, 0) is 36.2 Å². The van der Waals surface area contributed by atoms with E-state index < -0.39 is 0 Å². The molecule has 2 aromatic rings. The van der Waals surface area contributed by atoms with E-state index in [-0.39, 0.29) is 24.1 Å². The largest absolute Gasteiger partial charge is 0.351 e. The van der Waals surface area contributed by atoms with Crippen molar-refractivity contribution in [1.82, 2.24) is 10.6 Å². The molecule has 118 valence electrons. The zero-order chi connectivity index (χ0) is 14.8. The van der Waals surface area contributed by atoms with Gasteiger partial charge in [-0.3, -0.25) is 4.79 Å². The van der Waals surface area contributed by atoms with Crippen LogP contribution in [0.2, 0.25) is 0 Å². The SMILES string of the molecule is Cc1sc(C(=O)NCC2CNC2)cc1-c1ccc(F)cc1.Cl. The molecule has 1 aliphatic heterocycles. The summed E-state index contributed by atoms with van der Waals surface area (Å²) in [5.74, 6) is 0.272. The molecular weight excluding hydrogens is 323 g/mol. The number of nitrogens with one attached hydrogen (secondary N) is 2. The Balaban J connectivity index is 0.00000176. The van der Waals surface area contributed by atoms with Crippen molar-refractivity contribution in [2.24, 2.45) is 5.92 Å². The lowest BCUT2D eigenvalue weighted by Crippen LogP contribution is -2.48. The molecule has 0 radical (unpaired) electrons. The Morgan fingerprint density at radius 2 is 2.05 bits per heavy atom. The van der Waals surface area contributed by atoms with Gasteiger partial charge in [0, 0.05) is 30.4 Å². The highest BCUT2D eigenvalue weighted by Gasteiger charge is 2.19. The van der Waals surface area contributed by atoms with Gasteiger partial charge < -0.3 is 10.6 Å². The van der Waals surface area contributed by atoms with Crippen LogP contribution in [0.15, 0.2) is 30.3 Å². The fourth-order valence-electron chi connectivity index (χ4n) is 2.33. The molecule has 1 aromatic heterocycles. The van der Waals surface area contributed by atoms with Crippen molar-refractivity contribution in [1.29, 1.82) is 0 Å². The number of carbonyl (C=O) groups is 1. The zero-order valence-corrected chi connectivity index (χ0v) is 13.8. The molecule has 0 spiro atoms. The molecule has 1 saturated heterocycles. The van der Waals surface area contributed by atoms with E-state index in [9.17, 15) is 9.18 Å². The Bertz CT molecular complexity index is 653. The third-order valence-electron chi connectivity index (χ3n) is 3.71. The second-order valence-electron chi connectivity index (χ2n) is 5.32. The maximum absolute atomic E-state index is 13.0. The highest BCUT2D eigenvalue weighted by molar-refractivity contribution is 7.14. The number of aryl methyl sites for hydroxylation is 1. The highest BCUT2D eigenvalue weighted by atomic mass is 35.5. The summed E-state index contributed by atoms with van der Waals surface area (Å²) in [5.41, 5.74) is 1.93.